The van der Waals surface area contributed by atoms with E-state index in [4.69, 9.17) is 20.9 Å². The molecule has 0 aromatic carbocycles. The molecule has 17 heavy (non-hydrogen) atoms. The normalized spacial score (nSPS) is 25.6. The molecule has 8 heteroatoms. The molecule has 0 bridgehead atoms. The lowest BCUT2D eigenvalue weighted by Gasteiger charge is -2.20. The van der Waals surface area contributed by atoms with Crippen molar-refractivity contribution < 1.29 is 9.47 Å². The van der Waals surface area contributed by atoms with E-state index < -0.39 is 0 Å². The van der Waals surface area contributed by atoms with Gasteiger partial charge in [-0.25, -0.2) is 0 Å². The van der Waals surface area contributed by atoms with Crippen LogP contribution >= 0.6 is 0 Å². The number of nitrogens with zero attached hydrogens (tertiary/aromatic N) is 4. The summed E-state index contributed by atoms with van der Waals surface area (Å²) in [6.45, 7) is 3.00. The van der Waals surface area contributed by atoms with Crippen LogP contribution in [0.15, 0.2) is 0 Å². The minimum atomic E-state index is 0.130. The Kier molecular flexibility index (Phi) is 2.45. The summed E-state index contributed by atoms with van der Waals surface area (Å²) in [5.41, 5.74) is 11.1. The van der Waals surface area contributed by atoms with Crippen LogP contribution in [0, 0.1) is 0 Å². The molecule has 1 aromatic heterocycles. The Balaban J connectivity index is 1.78. The van der Waals surface area contributed by atoms with Crippen molar-refractivity contribution in [1.82, 2.24) is 15.0 Å². The molecule has 8 nitrogen and oxygen atoms in total. The predicted molar refractivity (Wildman–Crippen MR) is 60.3 cm³/mol. The maximum atomic E-state index is 5.56. The second-order valence-electron chi connectivity index (χ2n) is 4.17. The summed E-state index contributed by atoms with van der Waals surface area (Å²) in [6.07, 6.45) is 0.487. The Hall–Kier alpha value is -1.67. The van der Waals surface area contributed by atoms with E-state index in [1.54, 1.807) is 0 Å². The first kappa shape index (κ1) is 10.5. The van der Waals surface area contributed by atoms with Crippen LogP contribution in [-0.2, 0) is 9.47 Å². The van der Waals surface area contributed by atoms with Crippen LogP contribution < -0.4 is 16.4 Å². The third-order valence-electron chi connectivity index (χ3n) is 2.59. The Morgan fingerprint density at radius 2 is 1.47 bits per heavy atom. The topological polar surface area (TPSA) is 119 Å². The van der Waals surface area contributed by atoms with Gasteiger partial charge in [0.15, 0.2) is 0 Å². The highest BCUT2D eigenvalue weighted by Gasteiger charge is 2.32. The first-order chi connectivity index (χ1) is 8.20. The van der Waals surface area contributed by atoms with Crippen molar-refractivity contribution in [3.8, 4) is 0 Å². The average molecular weight is 238 g/mol. The molecule has 3 rings (SSSR count). The molecule has 0 saturated carbocycles. The zero-order chi connectivity index (χ0) is 11.8. The van der Waals surface area contributed by atoms with Gasteiger partial charge in [-0.2, -0.15) is 15.0 Å². The summed E-state index contributed by atoms with van der Waals surface area (Å²) in [4.78, 5) is 13.9. The molecular weight excluding hydrogens is 224 g/mol. The van der Waals surface area contributed by atoms with Gasteiger partial charge in [-0.3, -0.25) is 0 Å². The fourth-order valence-corrected chi connectivity index (χ4v) is 1.62. The summed E-state index contributed by atoms with van der Waals surface area (Å²) in [6, 6.07) is 0. The van der Waals surface area contributed by atoms with Gasteiger partial charge >= 0.3 is 0 Å². The lowest BCUT2D eigenvalue weighted by Crippen LogP contribution is -2.33. The Labute approximate surface area is 97.9 Å². The highest BCUT2D eigenvalue weighted by molar-refractivity contribution is 5.40. The van der Waals surface area contributed by atoms with Gasteiger partial charge in [0.1, 0.15) is 0 Å². The quantitative estimate of drug-likeness (QED) is 0.604. The number of nitrogens with two attached hydrogens (primary N) is 2. The largest absolute Gasteiger partial charge is 0.371 e. The zero-order valence-electron chi connectivity index (χ0n) is 9.24. The van der Waals surface area contributed by atoms with Crippen LogP contribution in [0.5, 0.6) is 0 Å². The van der Waals surface area contributed by atoms with Crippen molar-refractivity contribution in [2.24, 2.45) is 0 Å². The van der Waals surface area contributed by atoms with Crippen molar-refractivity contribution in [3.63, 3.8) is 0 Å². The molecule has 2 fully saturated rings. The molecule has 3 heterocycles. The number of hydrogen-bond donors (Lipinski definition) is 2. The minimum Gasteiger partial charge on any atom is -0.371 e. The van der Waals surface area contributed by atoms with Crippen LogP contribution in [0.4, 0.5) is 17.8 Å². The fraction of sp³-hybridized carbons (Fsp3) is 0.667. The van der Waals surface area contributed by atoms with Gasteiger partial charge in [0.2, 0.25) is 17.8 Å². The first-order valence-corrected chi connectivity index (χ1v) is 5.46. The molecule has 0 amide bonds. The summed E-state index contributed by atoms with van der Waals surface area (Å²) >= 11 is 0. The smallest absolute Gasteiger partial charge is 0.232 e. The van der Waals surface area contributed by atoms with E-state index in [-0.39, 0.29) is 24.1 Å². The maximum absolute atomic E-state index is 5.56. The van der Waals surface area contributed by atoms with Gasteiger partial charge < -0.3 is 25.8 Å². The van der Waals surface area contributed by atoms with Gasteiger partial charge in [-0.05, 0) is 0 Å². The Bertz CT molecular complexity index is 386. The number of rotatable bonds is 5. The van der Waals surface area contributed by atoms with Gasteiger partial charge in [0.05, 0.1) is 25.4 Å². The zero-order valence-corrected chi connectivity index (χ0v) is 9.24. The molecule has 0 radical (unpaired) electrons. The molecule has 2 aliphatic rings. The van der Waals surface area contributed by atoms with Gasteiger partial charge in [0.25, 0.3) is 0 Å². The van der Waals surface area contributed by atoms with E-state index in [9.17, 15) is 0 Å². The second-order valence-corrected chi connectivity index (χ2v) is 4.17. The monoisotopic (exact) mass is 238 g/mol. The SMILES string of the molecule is Nc1nc(N)nc(N(CC2CO2)CC2CO2)n1. The molecule has 1 aromatic rings. The van der Waals surface area contributed by atoms with E-state index in [1.165, 1.54) is 0 Å². The molecule has 0 aliphatic carbocycles. The van der Waals surface area contributed by atoms with Crippen LogP contribution in [0.1, 0.15) is 0 Å². The number of nitrogen functional groups attached to an aromatic ring is 2. The molecule has 0 spiro atoms. The highest BCUT2D eigenvalue weighted by atomic mass is 16.6. The number of anilines is 3. The fourth-order valence-electron chi connectivity index (χ4n) is 1.62. The van der Waals surface area contributed by atoms with Crippen molar-refractivity contribution in [1.29, 1.82) is 0 Å². The van der Waals surface area contributed by atoms with Crippen LogP contribution in [-0.4, -0.2) is 53.5 Å². The van der Waals surface area contributed by atoms with E-state index in [1.807, 2.05) is 4.90 Å². The van der Waals surface area contributed by atoms with Crippen molar-refractivity contribution in [3.05, 3.63) is 0 Å². The van der Waals surface area contributed by atoms with Crippen LogP contribution in [0.2, 0.25) is 0 Å². The highest BCUT2D eigenvalue weighted by Crippen LogP contribution is 2.20. The first-order valence-electron chi connectivity index (χ1n) is 5.46. The number of ether oxygens (including phenoxy) is 2. The van der Waals surface area contributed by atoms with Gasteiger partial charge in [-0.15, -0.1) is 0 Å². The van der Waals surface area contributed by atoms with Crippen molar-refractivity contribution >= 4 is 17.8 Å². The lowest BCUT2D eigenvalue weighted by atomic mass is 10.3. The number of aromatic nitrogens is 3. The molecule has 2 atom stereocenters. The maximum Gasteiger partial charge on any atom is 0.232 e. The van der Waals surface area contributed by atoms with Crippen LogP contribution in [0.25, 0.3) is 0 Å². The molecule has 2 saturated heterocycles. The van der Waals surface area contributed by atoms with Gasteiger partial charge in [-0.1, -0.05) is 0 Å². The third kappa shape index (κ3) is 2.71. The summed E-state index contributed by atoms with van der Waals surface area (Å²) in [5.74, 6) is 0.748. The van der Waals surface area contributed by atoms with E-state index in [0.717, 1.165) is 26.3 Å². The molecule has 2 aliphatic heterocycles. The molecular formula is C9H14N6O2. The summed E-state index contributed by atoms with van der Waals surface area (Å²) < 4.78 is 10.4. The number of epoxide rings is 2. The Morgan fingerprint density at radius 1 is 1.00 bits per heavy atom. The standard InChI is InChI=1S/C9H14N6O2/c10-7-12-8(11)14-9(13-7)15(1-5-3-16-5)2-6-4-17-6/h5-6H,1-4H2,(H4,10,11,12,13,14). The second kappa shape index (κ2) is 3.97. The van der Waals surface area contributed by atoms with Crippen LogP contribution in [0.3, 0.4) is 0 Å². The van der Waals surface area contributed by atoms with Gasteiger partial charge in [0, 0.05) is 13.1 Å². The minimum absolute atomic E-state index is 0.130. The molecule has 92 valence electrons. The Morgan fingerprint density at radius 3 is 1.88 bits per heavy atom. The van der Waals surface area contributed by atoms with E-state index >= 15 is 0 Å². The average Bonchev–Trinajstić information content (AvgIpc) is 3.09. The molecule has 2 unspecified atom stereocenters. The summed E-state index contributed by atoms with van der Waals surface area (Å²) in [5, 5.41) is 0. The predicted octanol–water partition coefficient (Wildman–Crippen LogP) is -1.36. The number of hydrogen-bond acceptors (Lipinski definition) is 8. The lowest BCUT2D eigenvalue weighted by molar-refractivity contribution is 0.387. The summed E-state index contributed by atoms with van der Waals surface area (Å²) in [7, 11) is 0. The van der Waals surface area contributed by atoms with E-state index in [0.29, 0.717) is 5.95 Å². The molecule has 4 N–H and O–H groups in total. The third-order valence-corrected chi connectivity index (χ3v) is 2.59. The van der Waals surface area contributed by atoms with E-state index in [2.05, 4.69) is 15.0 Å². The van der Waals surface area contributed by atoms with Crippen molar-refractivity contribution in [2.75, 3.05) is 42.7 Å². The van der Waals surface area contributed by atoms with Crippen molar-refractivity contribution in [2.45, 2.75) is 12.2 Å².